The fourth-order valence-electron chi connectivity index (χ4n) is 4.21. The minimum atomic E-state index is 0.680. The predicted octanol–water partition coefficient (Wildman–Crippen LogP) is 3.69. The van der Waals surface area contributed by atoms with Crippen LogP contribution in [0.4, 0.5) is 5.69 Å². The number of likely N-dealkylation sites (tertiary alicyclic amines) is 1. The normalized spacial score (nSPS) is 18.5. The molecule has 5 nitrogen and oxygen atoms in total. The van der Waals surface area contributed by atoms with E-state index in [-0.39, 0.29) is 0 Å². The van der Waals surface area contributed by atoms with Crippen molar-refractivity contribution < 1.29 is 0 Å². The van der Waals surface area contributed by atoms with Gasteiger partial charge in [-0.05, 0) is 63.7 Å². The van der Waals surface area contributed by atoms with Crippen molar-refractivity contribution in [1.82, 2.24) is 15.2 Å². The summed E-state index contributed by atoms with van der Waals surface area (Å²) in [6, 6.07) is 8.71. The highest BCUT2D eigenvalue weighted by molar-refractivity contribution is 7.09. The molecule has 0 aliphatic carbocycles. The van der Waals surface area contributed by atoms with Gasteiger partial charge in [-0.2, -0.15) is 0 Å². The number of aryl methyl sites for hydroxylation is 1. The second kappa shape index (κ2) is 9.05. The van der Waals surface area contributed by atoms with Gasteiger partial charge in [-0.1, -0.05) is 18.2 Å². The van der Waals surface area contributed by atoms with Crippen molar-refractivity contribution in [3.05, 3.63) is 45.9 Å². The maximum absolute atomic E-state index is 5.03. The van der Waals surface area contributed by atoms with Gasteiger partial charge < -0.3 is 10.2 Å². The van der Waals surface area contributed by atoms with E-state index in [1.807, 2.05) is 0 Å². The highest BCUT2D eigenvalue weighted by Crippen LogP contribution is 2.27. The number of para-hydroxylation sites is 1. The van der Waals surface area contributed by atoms with Crippen molar-refractivity contribution in [2.45, 2.75) is 39.7 Å². The number of guanidine groups is 1. The summed E-state index contributed by atoms with van der Waals surface area (Å²) in [5.41, 5.74) is 3.97. The molecule has 2 aliphatic heterocycles. The number of benzene rings is 1. The van der Waals surface area contributed by atoms with Crippen LogP contribution in [-0.2, 0) is 13.0 Å². The highest BCUT2D eigenvalue weighted by Gasteiger charge is 2.24. The van der Waals surface area contributed by atoms with E-state index in [9.17, 15) is 0 Å². The van der Waals surface area contributed by atoms with Crippen LogP contribution in [0.1, 0.15) is 36.0 Å². The first-order chi connectivity index (χ1) is 13.7. The van der Waals surface area contributed by atoms with E-state index in [1.54, 1.807) is 11.3 Å². The summed E-state index contributed by atoms with van der Waals surface area (Å²) in [4.78, 5) is 14.5. The Morgan fingerprint density at radius 2 is 2.07 bits per heavy atom. The molecule has 3 heterocycles. The van der Waals surface area contributed by atoms with E-state index in [0.29, 0.717) is 5.92 Å². The second-order valence-corrected chi connectivity index (χ2v) is 8.86. The smallest absolute Gasteiger partial charge is 0.198 e. The van der Waals surface area contributed by atoms with Crippen LogP contribution in [0.3, 0.4) is 0 Å². The summed E-state index contributed by atoms with van der Waals surface area (Å²) in [5, 5.41) is 6.87. The first-order valence-corrected chi connectivity index (χ1v) is 11.4. The fraction of sp³-hybridized carbons (Fsp3) is 0.545. The summed E-state index contributed by atoms with van der Waals surface area (Å²) in [7, 11) is 0. The highest BCUT2D eigenvalue weighted by atomic mass is 32.1. The molecule has 6 heteroatoms. The molecule has 150 valence electrons. The Morgan fingerprint density at radius 3 is 2.82 bits per heavy atom. The number of thiazole rings is 1. The first kappa shape index (κ1) is 19.4. The quantitative estimate of drug-likeness (QED) is 0.617. The molecule has 0 spiro atoms. The van der Waals surface area contributed by atoms with E-state index in [2.05, 4.69) is 63.6 Å². The average molecular weight is 398 g/mol. The third-order valence-electron chi connectivity index (χ3n) is 5.74. The van der Waals surface area contributed by atoms with Gasteiger partial charge in [0.15, 0.2) is 5.96 Å². The lowest BCUT2D eigenvalue weighted by molar-refractivity contribution is 0.179. The Labute approximate surface area is 172 Å². The zero-order chi connectivity index (χ0) is 19.3. The molecule has 0 bridgehead atoms. The number of hydrogen-bond acceptors (Lipinski definition) is 4. The third kappa shape index (κ3) is 4.55. The Kier molecular flexibility index (Phi) is 6.27. The topological polar surface area (TPSA) is 43.8 Å². The number of fused-ring (bicyclic) bond motifs is 1. The van der Waals surface area contributed by atoms with E-state index in [4.69, 9.17) is 4.99 Å². The van der Waals surface area contributed by atoms with Crippen LogP contribution in [0.5, 0.6) is 0 Å². The molecule has 4 rings (SSSR count). The summed E-state index contributed by atoms with van der Waals surface area (Å²) in [5.74, 6) is 1.73. The van der Waals surface area contributed by atoms with Crippen molar-refractivity contribution in [3.63, 3.8) is 0 Å². The van der Waals surface area contributed by atoms with Crippen LogP contribution < -0.4 is 10.2 Å². The maximum Gasteiger partial charge on any atom is 0.198 e. The first-order valence-electron chi connectivity index (χ1n) is 10.5. The van der Waals surface area contributed by atoms with Gasteiger partial charge in [0.25, 0.3) is 0 Å². The van der Waals surface area contributed by atoms with Crippen molar-refractivity contribution >= 4 is 23.0 Å². The predicted molar refractivity (Wildman–Crippen MR) is 118 cm³/mol. The Balaban J connectivity index is 1.32. The number of piperidine rings is 1. The number of hydrogen-bond donors (Lipinski definition) is 1. The van der Waals surface area contributed by atoms with Crippen LogP contribution in [0.2, 0.25) is 0 Å². The van der Waals surface area contributed by atoms with Crippen LogP contribution in [0, 0.1) is 12.8 Å². The van der Waals surface area contributed by atoms with Gasteiger partial charge >= 0.3 is 0 Å². The van der Waals surface area contributed by atoms with Crippen molar-refractivity contribution in [1.29, 1.82) is 0 Å². The molecule has 0 atom stereocenters. The van der Waals surface area contributed by atoms with Gasteiger partial charge in [-0.25, -0.2) is 4.98 Å². The zero-order valence-corrected chi connectivity index (χ0v) is 17.8. The van der Waals surface area contributed by atoms with Crippen molar-refractivity contribution in [2.75, 3.05) is 37.6 Å². The number of nitrogens with one attached hydrogen (secondary N) is 1. The molecular weight excluding hydrogens is 366 g/mol. The van der Waals surface area contributed by atoms with E-state index in [0.717, 1.165) is 51.6 Å². The standard InChI is InChI=1S/C22H31N5S/c1-3-23-22(27-13-10-19-6-4-5-7-21(19)27)24-14-18-8-11-26(12-9-18)15-20-16-28-17(2)25-20/h4-7,16,18H,3,8-15H2,1-2H3,(H,23,24). The number of aliphatic imine (C=N–C) groups is 1. The minimum Gasteiger partial charge on any atom is -0.356 e. The molecule has 1 aromatic heterocycles. The zero-order valence-electron chi connectivity index (χ0n) is 17.0. The van der Waals surface area contributed by atoms with Gasteiger partial charge in [0.2, 0.25) is 0 Å². The lowest BCUT2D eigenvalue weighted by Crippen LogP contribution is -2.41. The molecule has 2 aromatic rings. The van der Waals surface area contributed by atoms with Gasteiger partial charge in [-0.3, -0.25) is 9.89 Å². The van der Waals surface area contributed by atoms with Crippen LogP contribution in [-0.4, -0.2) is 48.6 Å². The summed E-state index contributed by atoms with van der Waals surface area (Å²) in [6.07, 6.45) is 3.56. The lowest BCUT2D eigenvalue weighted by atomic mass is 9.97. The number of nitrogens with zero attached hydrogens (tertiary/aromatic N) is 4. The second-order valence-electron chi connectivity index (χ2n) is 7.80. The van der Waals surface area contributed by atoms with Crippen LogP contribution in [0.25, 0.3) is 0 Å². The fourth-order valence-corrected chi connectivity index (χ4v) is 4.81. The molecular formula is C22H31N5S. The average Bonchev–Trinajstić information content (AvgIpc) is 3.32. The molecule has 2 aliphatic rings. The molecule has 1 saturated heterocycles. The minimum absolute atomic E-state index is 0.680. The Morgan fingerprint density at radius 1 is 1.25 bits per heavy atom. The molecule has 28 heavy (non-hydrogen) atoms. The van der Waals surface area contributed by atoms with Crippen molar-refractivity contribution in [2.24, 2.45) is 10.9 Å². The largest absolute Gasteiger partial charge is 0.356 e. The SMILES string of the molecule is CCNC(=NCC1CCN(Cc2csc(C)n2)CC1)N1CCc2ccccc21. The molecule has 0 saturated carbocycles. The lowest BCUT2D eigenvalue weighted by Gasteiger charge is -2.31. The summed E-state index contributed by atoms with van der Waals surface area (Å²) >= 11 is 1.75. The van der Waals surface area contributed by atoms with Gasteiger partial charge in [-0.15, -0.1) is 11.3 Å². The summed E-state index contributed by atoms with van der Waals surface area (Å²) in [6.45, 7) is 10.4. The number of rotatable bonds is 5. The summed E-state index contributed by atoms with van der Waals surface area (Å²) < 4.78 is 0. The van der Waals surface area contributed by atoms with Gasteiger partial charge in [0.05, 0.1) is 10.7 Å². The molecule has 0 amide bonds. The molecule has 1 aromatic carbocycles. The maximum atomic E-state index is 5.03. The van der Waals surface area contributed by atoms with Crippen molar-refractivity contribution in [3.8, 4) is 0 Å². The van der Waals surface area contributed by atoms with Gasteiger partial charge in [0.1, 0.15) is 0 Å². The Bertz CT molecular complexity index is 807. The molecule has 1 fully saturated rings. The van der Waals surface area contributed by atoms with E-state index in [1.165, 1.54) is 34.8 Å². The molecule has 0 unspecified atom stereocenters. The molecule has 0 radical (unpaired) electrons. The number of anilines is 1. The van der Waals surface area contributed by atoms with Crippen LogP contribution in [0.15, 0.2) is 34.6 Å². The number of aromatic nitrogens is 1. The van der Waals surface area contributed by atoms with E-state index < -0.39 is 0 Å². The van der Waals surface area contributed by atoms with Crippen LogP contribution >= 0.6 is 11.3 Å². The van der Waals surface area contributed by atoms with E-state index >= 15 is 0 Å². The Hall–Kier alpha value is -1.92. The monoisotopic (exact) mass is 397 g/mol. The van der Waals surface area contributed by atoms with Gasteiger partial charge in [0, 0.05) is 37.2 Å². The third-order valence-corrected chi connectivity index (χ3v) is 6.56. The molecule has 1 N–H and O–H groups in total.